The first-order chi connectivity index (χ1) is 15.0. The van der Waals surface area contributed by atoms with Crippen LogP contribution in [0.1, 0.15) is 39.3 Å². The molecule has 0 bridgehead atoms. The van der Waals surface area contributed by atoms with Crippen LogP contribution in [0.25, 0.3) is 21.9 Å². The predicted molar refractivity (Wildman–Crippen MR) is 116 cm³/mol. The minimum Gasteiger partial charge on any atom is -0.493 e. The van der Waals surface area contributed by atoms with Crippen LogP contribution in [0.3, 0.4) is 0 Å². The van der Waals surface area contributed by atoms with Gasteiger partial charge in [0.1, 0.15) is 5.58 Å². The van der Waals surface area contributed by atoms with Gasteiger partial charge >= 0.3 is 5.97 Å². The molecule has 0 saturated carbocycles. The number of benzene rings is 2. The third-order valence-electron chi connectivity index (χ3n) is 6.33. The number of aryl methyl sites for hydroxylation is 2. The smallest absolute Gasteiger partial charge is 0.337 e. The number of hydrogen-bond donors (Lipinski definition) is 1. The van der Waals surface area contributed by atoms with Crippen molar-refractivity contribution in [2.75, 3.05) is 7.11 Å². The number of aromatic carboxylic acids is 1. The number of aromatic nitrogens is 1. The molecule has 1 aliphatic carbocycles. The Morgan fingerprint density at radius 3 is 2.84 bits per heavy atom. The van der Waals surface area contributed by atoms with Gasteiger partial charge in [0.2, 0.25) is 0 Å². The number of fused-ring (bicyclic) bond motifs is 4. The van der Waals surface area contributed by atoms with E-state index in [0.717, 1.165) is 33.2 Å². The van der Waals surface area contributed by atoms with Crippen molar-refractivity contribution in [1.29, 1.82) is 5.26 Å². The molecule has 2 heterocycles. The first kappa shape index (κ1) is 19.1. The first-order valence-corrected chi connectivity index (χ1v) is 10.1. The highest BCUT2D eigenvalue weighted by Crippen LogP contribution is 2.46. The largest absolute Gasteiger partial charge is 0.493 e. The van der Waals surface area contributed by atoms with Crippen LogP contribution in [0, 0.1) is 18.3 Å². The molecule has 1 aliphatic rings. The molecular formula is C25H20N2O4. The molecule has 4 aromatic rings. The van der Waals surface area contributed by atoms with Crippen molar-refractivity contribution in [2.24, 2.45) is 0 Å². The van der Waals surface area contributed by atoms with Crippen molar-refractivity contribution >= 4 is 27.9 Å². The third-order valence-corrected chi connectivity index (χ3v) is 6.33. The third kappa shape index (κ3) is 2.77. The average Bonchev–Trinajstić information content (AvgIpc) is 3.17. The first-order valence-electron chi connectivity index (χ1n) is 10.1. The highest BCUT2D eigenvalue weighted by Gasteiger charge is 2.40. The van der Waals surface area contributed by atoms with Gasteiger partial charge in [0.25, 0.3) is 0 Å². The maximum atomic E-state index is 11.6. The average molecular weight is 412 g/mol. The van der Waals surface area contributed by atoms with Crippen molar-refractivity contribution in [2.45, 2.75) is 31.6 Å². The number of para-hydroxylation sites is 1. The van der Waals surface area contributed by atoms with Crippen molar-refractivity contribution in [1.82, 2.24) is 4.98 Å². The molecule has 6 heteroatoms. The lowest BCUT2D eigenvalue weighted by Crippen LogP contribution is -2.33. The van der Waals surface area contributed by atoms with Crippen molar-refractivity contribution in [3.8, 4) is 11.8 Å². The van der Waals surface area contributed by atoms with Gasteiger partial charge in [-0.2, -0.15) is 5.26 Å². The number of carboxylic acid groups (broad SMARTS) is 1. The number of ether oxygens (including phenoxy) is 1. The van der Waals surface area contributed by atoms with Crippen LogP contribution in [-0.2, 0) is 18.3 Å². The number of rotatable bonds is 3. The Labute approximate surface area is 178 Å². The quantitative estimate of drug-likeness (QED) is 0.512. The summed E-state index contributed by atoms with van der Waals surface area (Å²) in [7, 11) is 1.60. The number of carboxylic acids is 1. The van der Waals surface area contributed by atoms with Crippen LogP contribution < -0.4 is 4.74 Å². The molecule has 2 aromatic carbocycles. The van der Waals surface area contributed by atoms with Crippen LogP contribution >= 0.6 is 0 Å². The van der Waals surface area contributed by atoms with Crippen LogP contribution in [0.2, 0.25) is 0 Å². The second-order valence-corrected chi connectivity index (χ2v) is 8.02. The minimum atomic E-state index is -1.01. The van der Waals surface area contributed by atoms with Crippen LogP contribution in [0.5, 0.6) is 5.75 Å². The van der Waals surface area contributed by atoms with Crippen LogP contribution in [0.15, 0.2) is 46.9 Å². The summed E-state index contributed by atoms with van der Waals surface area (Å²) in [5, 5.41) is 21.7. The minimum absolute atomic E-state index is 0.182. The standard InChI is InChI=1S/C25H20N2O4/c1-14-17(24(28)29)11-15-12-25(13-26,10-9-19(15)27-14)18-7-8-21(30-2)23-22(18)16-5-3-4-6-20(16)31-23/h3-8,11H,9-10,12H2,1-2H3,(H,28,29). The number of pyridine rings is 1. The molecule has 1 unspecified atom stereocenters. The van der Waals surface area contributed by atoms with E-state index in [-0.39, 0.29) is 5.56 Å². The molecule has 0 aliphatic heterocycles. The summed E-state index contributed by atoms with van der Waals surface area (Å²) < 4.78 is 11.6. The number of nitrogens with zero attached hydrogens (tertiary/aromatic N) is 2. The zero-order chi connectivity index (χ0) is 21.8. The fourth-order valence-corrected chi connectivity index (χ4v) is 4.78. The van der Waals surface area contributed by atoms with Crippen LogP contribution in [0.4, 0.5) is 0 Å². The molecule has 0 radical (unpaired) electrons. The van der Waals surface area contributed by atoms with E-state index in [0.29, 0.717) is 36.3 Å². The summed E-state index contributed by atoms with van der Waals surface area (Å²) >= 11 is 0. The van der Waals surface area contributed by atoms with Crippen molar-refractivity contribution < 1.29 is 19.1 Å². The Morgan fingerprint density at radius 2 is 2.10 bits per heavy atom. The fourth-order valence-electron chi connectivity index (χ4n) is 4.78. The summed E-state index contributed by atoms with van der Waals surface area (Å²) in [6.07, 6.45) is 1.59. The van der Waals surface area contributed by atoms with E-state index in [1.807, 2.05) is 36.4 Å². The van der Waals surface area contributed by atoms with Gasteiger partial charge in [-0.05, 0) is 55.5 Å². The Bertz CT molecular complexity index is 1410. The summed E-state index contributed by atoms with van der Waals surface area (Å²) in [5.74, 6) is -0.390. The van der Waals surface area contributed by atoms with E-state index in [1.54, 1.807) is 20.1 Å². The summed E-state index contributed by atoms with van der Waals surface area (Å²) in [4.78, 5) is 16.2. The lowest BCUT2D eigenvalue weighted by molar-refractivity contribution is 0.0695. The topological polar surface area (TPSA) is 96.3 Å². The monoisotopic (exact) mass is 412 g/mol. The number of nitriles is 1. The fraction of sp³-hybridized carbons (Fsp3) is 0.240. The predicted octanol–water partition coefficient (Wildman–Crippen LogP) is 4.95. The van der Waals surface area contributed by atoms with E-state index in [1.165, 1.54) is 0 Å². The van der Waals surface area contributed by atoms with Crippen molar-refractivity contribution in [3.63, 3.8) is 0 Å². The van der Waals surface area contributed by atoms with E-state index >= 15 is 0 Å². The molecule has 2 aromatic heterocycles. The Kier molecular flexibility index (Phi) is 4.23. The molecule has 0 fully saturated rings. The molecule has 0 amide bonds. The van der Waals surface area contributed by atoms with E-state index in [9.17, 15) is 15.2 Å². The molecule has 0 spiro atoms. The summed E-state index contributed by atoms with van der Waals surface area (Å²) in [6, 6.07) is 15.8. The highest BCUT2D eigenvalue weighted by atomic mass is 16.5. The van der Waals surface area contributed by atoms with Gasteiger partial charge in [-0.3, -0.25) is 4.98 Å². The van der Waals surface area contributed by atoms with Gasteiger partial charge < -0.3 is 14.3 Å². The second-order valence-electron chi connectivity index (χ2n) is 8.02. The molecule has 1 atom stereocenters. The Morgan fingerprint density at radius 1 is 1.29 bits per heavy atom. The molecular weight excluding hydrogens is 392 g/mol. The van der Waals surface area contributed by atoms with Gasteiger partial charge in [0.15, 0.2) is 11.3 Å². The van der Waals surface area contributed by atoms with E-state index in [4.69, 9.17) is 9.15 Å². The van der Waals surface area contributed by atoms with Gasteiger partial charge in [-0.15, -0.1) is 0 Å². The van der Waals surface area contributed by atoms with Crippen molar-refractivity contribution in [3.05, 3.63) is 70.5 Å². The Hall–Kier alpha value is -3.85. The number of methoxy groups -OCH3 is 1. The molecule has 154 valence electrons. The number of hydrogen-bond acceptors (Lipinski definition) is 5. The van der Waals surface area contributed by atoms with Gasteiger partial charge in [-0.25, -0.2) is 4.79 Å². The van der Waals surface area contributed by atoms with E-state index < -0.39 is 11.4 Å². The normalized spacial score (nSPS) is 18.0. The maximum absolute atomic E-state index is 11.6. The zero-order valence-corrected chi connectivity index (χ0v) is 17.2. The summed E-state index contributed by atoms with van der Waals surface area (Å²) in [5.41, 5.74) is 3.77. The second kappa shape index (κ2) is 6.85. The molecule has 6 nitrogen and oxygen atoms in total. The highest BCUT2D eigenvalue weighted by molar-refractivity contribution is 6.09. The molecule has 5 rings (SSSR count). The van der Waals surface area contributed by atoms with E-state index in [2.05, 4.69) is 11.1 Å². The Balaban J connectivity index is 1.76. The van der Waals surface area contributed by atoms with Crippen LogP contribution in [-0.4, -0.2) is 23.2 Å². The molecule has 1 N–H and O–H groups in total. The van der Waals surface area contributed by atoms with Gasteiger partial charge in [0.05, 0.1) is 29.9 Å². The summed E-state index contributed by atoms with van der Waals surface area (Å²) in [6.45, 7) is 1.71. The number of carbonyl (C=O) groups is 1. The lowest BCUT2D eigenvalue weighted by Gasteiger charge is -2.33. The van der Waals surface area contributed by atoms with Gasteiger partial charge in [0, 0.05) is 16.5 Å². The molecule has 0 saturated heterocycles. The zero-order valence-electron chi connectivity index (χ0n) is 17.2. The maximum Gasteiger partial charge on any atom is 0.337 e. The molecule has 31 heavy (non-hydrogen) atoms. The lowest BCUT2D eigenvalue weighted by atomic mass is 9.68. The van der Waals surface area contributed by atoms with Gasteiger partial charge in [-0.1, -0.05) is 24.3 Å². The SMILES string of the molecule is COc1ccc(C2(C#N)CCc3nc(C)c(C(=O)O)cc3C2)c2c1oc1ccccc12. The number of furan rings is 1.